The number of hydrogen-bond acceptors (Lipinski definition) is 4. The SMILES string of the molecule is O=C(c1cccc(C(F)(F)F)c1)N1CCN(C(=O)c2occc2CSc2ccccc2)CC1. The Balaban J connectivity index is 1.36. The van der Waals surface area contributed by atoms with Crippen LogP contribution in [0.1, 0.15) is 32.0 Å². The monoisotopic (exact) mass is 474 g/mol. The van der Waals surface area contributed by atoms with E-state index in [9.17, 15) is 22.8 Å². The second-order valence-electron chi connectivity index (χ2n) is 7.54. The van der Waals surface area contributed by atoms with Gasteiger partial charge >= 0.3 is 6.18 Å². The van der Waals surface area contributed by atoms with Gasteiger partial charge in [0, 0.05) is 48.0 Å². The molecule has 5 nitrogen and oxygen atoms in total. The first-order chi connectivity index (χ1) is 15.8. The number of amides is 2. The summed E-state index contributed by atoms with van der Waals surface area (Å²) < 4.78 is 44.3. The van der Waals surface area contributed by atoms with Gasteiger partial charge in [-0.3, -0.25) is 9.59 Å². The Morgan fingerprint density at radius 3 is 2.21 bits per heavy atom. The van der Waals surface area contributed by atoms with Crippen molar-refractivity contribution in [1.29, 1.82) is 0 Å². The van der Waals surface area contributed by atoms with E-state index in [1.807, 2.05) is 30.3 Å². The average molecular weight is 475 g/mol. The summed E-state index contributed by atoms with van der Waals surface area (Å²) in [6.45, 7) is 1.01. The highest BCUT2D eigenvalue weighted by Gasteiger charge is 2.32. The summed E-state index contributed by atoms with van der Waals surface area (Å²) in [7, 11) is 0. The lowest BCUT2D eigenvalue weighted by Crippen LogP contribution is -2.50. The van der Waals surface area contributed by atoms with Crippen LogP contribution in [0.25, 0.3) is 0 Å². The first kappa shape index (κ1) is 23.0. The number of halogens is 3. The molecule has 1 aliphatic heterocycles. The summed E-state index contributed by atoms with van der Waals surface area (Å²) in [6.07, 6.45) is -3.03. The van der Waals surface area contributed by atoms with Crippen molar-refractivity contribution < 1.29 is 27.2 Å². The number of rotatable bonds is 5. The highest BCUT2D eigenvalue weighted by molar-refractivity contribution is 7.98. The zero-order valence-electron chi connectivity index (χ0n) is 17.5. The number of piperazine rings is 1. The first-order valence-electron chi connectivity index (χ1n) is 10.3. The molecule has 3 aromatic rings. The van der Waals surface area contributed by atoms with Gasteiger partial charge in [0.15, 0.2) is 5.76 Å². The van der Waals surface area contributed by atoms with Gasteiger partial charge in [-0.05, 0) is 36.4 Å². The molecule has 1 saturated heterocycles. The molecule has 2 aromatic carbocycles. The molecule has 0 radical (unpaired) electrons. The lowest BCUT2D eigenvalue weighted by atomic mass is 10.1. The molecule has 1 fully saturated rings. The molecule has 0 spiro atoms. The molecule has 1 aromatic heterocycles. The van der Waals surface area contributed by atoms with E-state index < -0.39 is 17.6 Å². The van der Waals surface area contributed by atoms with Gasteiger partial charge in [-0.2, -0.15) is 13.2 Å². The summed E-state index contributed by atoms with van der Waals surface area (Å²) in [4.78, 5) is 29.8. The molecule has 0 bridgehead atoms. The third-order valence-corrected chi connectivity index (χ3v) is 6.43. The molecule has 9 heteroatoms. The van der Waals surface area contributed by atoms with Crippen molar-refractivity contribution in [3.8, 4) is 0 Å². The summed E-state index contributed by atoms with van der Waals surface area (Å²) in [5.41, 5.74) is -0.0898. The molecule has 172 valence electrons. The van der Waals surface area contributed by atoms with Gasteiger partial charge in [0.05, 0.1) is 11.8 Å². The minimum Gasteiger partial charge on any atom is -0.459 e. The van der Waals surface area contributed by atoms with Crippen LogP contribution >= 0.6 is 11.8 Å². The van der Waals surface area contributed by atoms with Crippen LogP contribution in [-0.4, -0.2) is 47.8 Å². The molecule has 0 atom stereocenters. The average Bonchev–Trinajstić information content (AvgIpc) is 3.31. The number of carbonyl (C=O) groups excluding carboxylic acids is 2. The third kappa shape index (κ3) is 5.42. The van der Waals surface area contributed by atoms with Gasteiger partial charge in [-0.1, -0.05) is 24.3 Å². The fraction of sp³-hybridized carbons (Fsp3) is 0.250. The lowest BCUT2D eigenvalue weighted by molar-refractivity contribution is -0.137. The Morgan fingerprint density at radius 2 is 1.55 bits per heavy atom. The molecular formula is C24H21F3N2O3S. The molecule has 0 aliphatic carbocycles. The number of thioether (sulfide) groups is 1. The van der Waals surface area contributed by atoms with E-state index in [0.29, 0.717) is 5.75 Å². The first-order valence-corrected chi connectivity index (χ1v) is 11.3. The maximum absolute atomic E-state index is 13.0. The summed E-state index contributed by atoms with van der Waals surface area (Å²) in [6, 6.07) is 16.0. The molecule has 1 aliphatic rings. The lowest BCUT2D eigenvalue weighted by Gasteiger charge is -2.34. The predicted octanol–water partition coefficient (Wildman–Crippen LogP) is 5.19. The molecule has 0 unspecified atom stereocenters. The molecule has 2 amide bonds. The fourth-order valence-electron chi connectivity index (χ4n) is 3.58. The minimum atomic E-state index is -4.51. The van der Waals surface area contributed by atoms with Crippen molar-refractivity contribution in [3.05, 3.63) is 89.4 Å². The number of hydrogen-bond donors (Lipinski definition) is 0. The standard InChI is InChI=1S/C24H21F3N2O3S/c25-24(26,27)19-6-4-5-17(15-19)22(30)28-10-12-29(13-11-28)23(31)21-18(9-14-32-21)16-33-20-7-2-1-3-8-20/h1-9,14-15H,10-13,16H2. The van der Waals surface area contributed by atoms with Crippen LogP contribution in [0.15, 0.2) is 76.2 Å². The Labute approximate surface area is 193 Å². The van der Waals surface area contributed by atoms with Crippen molar-refractivity contribution >= 4 is 23.6 Å². The number of carbonyl (C=O) groups is 2. The van der Waals surface area contributed by atoms with Crippen LogP contribution in [0.4, 0.5) is 13.2 Å². The van der Waals surface area contributed by atoms with Gasteiger partial charge in [0.25, 0.3) is 11.8 Å². The number of benzene rings is 2. The summed E-state index contributed by atoms with van der Waals surface area (Å²) in [5, 5.41) is 0. The Morgan fingerprint density at radius 1 is 0.879 bits per heavy atom. The van der Waals surface area contributed by atoms with Gasteiger partial charge in [-0.15, -0.1) is 11.8 Å². The minimum absolute atomic E-state index is 0.0177. The fourth-order valence-corrected chi connectivity index (χ4v) is 4.48. The van der Waals surface area contributed by atoms with E-state index in [1.54, 1.807) is 22.7 Å². The zero-order chi connectivity index (χ0) is 23.4. The maximum atomic E-state index is 13.0. The van der Waals surface area contributed by atoms with Gasteiger partial charge < -0.3 is 14.2 Å². The quantitative estimate of drug-likeness (QED) is 0.478. The van der Waals surface area contributed by atoms with Crippen LogP contribution in [0.5, 0.6) is 0 Å². The van der Waals surface area contributed by atoms with Gasteiger partial charge in [-0.25, -0.2) is 0 Å². The van der Waals surface area contributed by atoms with Gasteiger partial charge in [0.2, 0.25) is 0 Å². The highest BCUT2D eigenvalue weighted by Crippen LogP contribution is 2.30. The van der Waals surface area contributed by atoms with Crippen LogP contribution in [-0.2, 0) is 11.9 Å². The Bertz CT molecular complexity index is 1120. The van der Waals surface area contributed by atoms with Crippen molar-refractivity contribution in [2.75, 3.05) is 26.2 Å². The van der Waals surface area contributed by atoms with E-state index in [2.05, 4.69) is 0 Å². The normalized spacial score (nSPS) is 14.4. The number of furan rings is 1. The van der Waals surface area contributed by atoms with Crippen molar-refractivity contribution in [3.63, 3.8) is 0 Å². The smallest absolute Gasteiger partial charge is 0.416 e. The van der Waals surface area contributed by atoms with Crippen LogP contribution in [0.2, 0.25) is 0 Å². The third-order valence-electron chi connectivity index (χ3n) is 5.37. The van der Waals surface area contributed by atoms with Crippen LogP contribution in [0.3, 0.4) is 0 Å². The largest absolute Gasteiger partial charge is 0.459 e. The predicted molar refractivity (Wildman–Crippen MR) is 118 cm³/mol. The van der Waals surface area contributed by atoms with E-state index >= 15 is 0 Å². The number of nitrogens with zero attached hydrogens (tertiary/aromatic N) is 2. The molecule has 0 N–H and O–H groups in total. The Hall–Kier alpha value is -3.20. The van der Waals surface area contributed by atoms with Crippen molar-refractivity contribution in [2.24, 2.45) is 0 Å². The van der Waals surface area contributed by atoms with E-state index in [1.165, 1.54) is 23.3 Å². The van der Waals surface area contributed by atoms with Crippen LogP contribution in [0, 0.1) is 0 Å². The van der Waals surface area contributed by atoms with Crippen LogP contribution < -0.4 is 0 Å². The Kier molecular flexibility index (Phi) is 6.78. The highest BCUT2D eigenvalue weighted by atomic mass is 32.2. The molecule has 4 rings (SSSR count). The topological polar surface area (TPSA) is 53.8 Å². The van der Waals surface area contributed by atoms with E-state index in [0.717, 1.165) is 22.6 Å². The molecular weight excluding hydrogens is 453 g/mol. The molecule has 2 heterocycles. The zero-order valence-corrected chi connectivity index (χ0v) is 18.4. The summed E-state index contributed by atoms with van der Waals surface area (Å²) >= 11 is 1.60. The number of alkyl halides is 3. The van der Waals surface area contributed by atoms with Crippen molar-refractivity contribution in [2.45, 2.75) is 16.8 Å². The molecule has 0 saturated carbocycles. The molecule has 33 heavy (non-hydrogen) atoms. The van der Waals surface area contributed by atoms with Gasteiger partial charge in [0.1, 0.15) is 0 Å². The maximum Gasteiger partial charge on any atom is 0.416 e. The summed E-state index contributed by atoms with van der Waals surface area (Å²) in [5.74, 6) is 0.118. The van der Waals surface area contributed by atoms with E-state index in [4.69, 9.17) is 4.42 Å². The van der Waals surface area contributed by atoms with E-state index in [-0.39, 0.29) is 43.4 Å². The second-order valence-corrected chi connectivity index (χ2v) is 8.59. The second kappa shape index (κ2) is 9.74. The van der Waals surface area contributed by atoms with Crippen molar-refractivity contribution in [1.82, 2.24) is 9.80 Å².